The standard InChI is InChI=1S/C15H17N3S2/c1-10-5-4-6-11(9-10)16-14(19)18-15-17-12-7-2-3-8-13(12)20-15/h4-6,9H,2-3,7-8H2,1H3,(H2,16,17,18,19). The number of nitrogens with zero attached hydrogens (tertiary/aromatic N) is 1. The number of fused-ring (bicyclic) bond motifs is 1. The second-order valence-corrected chi connectivity index (χ2v) is 6.54. The molecule has 0 radical (unpaired) electrons. The predicted molar refractivity (Wildman–Crippen MR) is 89.8 cm³/mol. The highest BCUT2D eigenvalue weighted by Gasteiger charge is 2.15. The van der Waals surface area contributed by atoms with E-state index in [1.54, 1.807) is 11.3 Å². The van der Waals surface area contributed by atoms with E-state index in [2.05, 4.69) is 34.7 Å². The SMILES string of the molecule is Cc1cccc(NC(=S)Nc2nc3c(s2)CCCC3)c1. The molecule has 104 valence electrons. The van der Waals surface area contributed by atoms with Gasteiger partial charge in [0.1, 0.15) is 0 Å². The highest BCUT2D eigenvalue weighted by molar-refractivity contribution is 7.80. The van der Waals surface area contributed by atoms with E-state index in [-0.39, 0.29) is 0 Å². The number of aryl methyl sites for hydroxylation is 3. The van der Waals surface area contributed by atoms with Gasteiger partial charge in [-0.1, -0.05) is 12.1 Å². The van der Waals surface area contributed by atoms with Gasteiger partial charge in [0.05, 0.1) is 5.69 Å². The topological polar surface area (TPSA) is 37.0 Å². The fraction of sp³-hybridized carbons (Fsp3) is 0.333. The van der Waals surface area contributed by atoms with Crippen LogP contribution >= 0.6 is 23.6 Å². The molecule has 0 spiro atoms. The Balaban J connectivity index is 1.65. The minimum atomic E-state index is 0.599. The molecule has 0 atom stereocenters. The number of nitrogens with one attached hydrogen (secondary N) is 2. The van der Waals surface area contributed by atoms with Gasteiger partial charge in [-0.25, -0.2) is 4.98 Å². The van der Waals surface area contributed by atoms with Crippen molar-refractivity contribution in [1.82, 2.24) is 4.98 Å². The Morgan fingerprint density at radius 2 is 2.10 bits per heavy atom. The molecule has 0 saturated carbocycles. The van der Waals surface area contributed by atoms with E-state index < -0.39 is 0 Å². The van der Waals surface area contributed by atoms with Crippen LogP contribution in [0.1, 0.15) is 29.0 Å². The smallest absolute Gasteiger partial charge is 0.189 e. The molecule has 0 unspecified atom stereocenters. The van der Waals surface area contributed by atoms with Crippen molar-refractivity contribution in [3.05, 3.63) is 40.4 Å². The second-order valence-electron chi connectivity index (χ2n) is 5.04. The van der Waals surface area contributed by atoms with Crippen molar-refractivity contribution in [2.45, 2.75) is 32.6 Å². The number of rotatable bonds is 2. The molecule has 1 aliphatic rings. The molecule has 0 saturated heterocycles. The molecular formula is C15H17N3S2. The minimum Gasteiger partial charge on any atom is -0.332 e. The summed E-state index contributed by atoms with van der Waals surface area (Å²) in [4.78, 5) is 6.04. The van der Waals surface area contributed by atoms with Crippen molar-refractivity contribution in [2.24, 2.45) is 0 Å². The third-order valence-electron chi connectivity index (χ3n) is 3.34. The van der Waals surface area contributed by atoms with Crippen LogP contribution in [0, 0.1) is 6.92 Å². The lowest BCUT2D eigenvalue weighted by molar-refractivity contribution is 0.683. The van der Waals surface area contributed by atoms with Gasteiger partial charge in [0.2, 0.25) is 0 Å². The zero-order valence-electron chi connectivity index (χ0n) is 11.4. The van der Waals surface area contributed by atoms with Crippen molar-refractivity contribution in [2.75, 3.05) is 10.6 Å². The number of hydrogen-bond donors (Lipinski definition) is 2. The summed E-state index contributed by atoms with van der Waals surface area (Å²) in [6.45, 7) is 2.07. The molecule has 3 nitrogen and oxygen atoms in total. The first-order valence-corrected chi connectivity index (χ1v) is 8.06. The Bertz CT molecular complexity index is 610. The van der Waals surface area contributed by atoms with Gasteiger partial charge >= 0.3 is 0 Å². The first-order valence-electron chi connectivity index (χ1n) is 6.84. The van der Waals surface area contributed by atoms with Crippen LogP contribution in [-0.4, -0.2) is 10.1 Å². The largest absolute Gasteiger partial charge is 0.332 e. The van der Waals surface area contributed by atoms with Crippen LogP contribution in [-0.2, 0) is 12.8 Å². The summed E-state index contributed by atoms with van der Waals surface area (Å²) in [5, 5.41) is 7.90. The Morgan fingerprint density at radius 3 is 2.90 bits per heavy atom. The van der Waals surface area contributed by atoms with E-state index in [1.807, 2.05) is 12.1 Å². The molecule has 3 rings (SSSR count). The fourth-order valence-corrected chi connectivity index (χ4v) is 3.72. The number of thiazole rings is 1. The molecule has 1 aliphatic carbocycles. The summed E-state index contributed by atoms with van der Waals surface area (Å²) >= 11 is 7.07. The molecule has 0 amide bonds. The molecular weight excluding hydrogens is 286 g/mol. The van der Waals surface area contributed by atoms with Crippen LogP contribution in [0.3, 0.4) is 0 Å². The third-order valence-corrected chi connectivity index (χ3v) is 4.62. The van der Waals surface area contributed by atoms with Gasteiger partial charge in [-0.15, -0.1) is 11.3 Å². The van der Waals surface area contributed by atoms with Gasteiger partial charge in [0.15, 0.2) is 10.2 Å². The van der Waals surface area contributed by atoms with Gasteiger partial charge in [0.25, 0.3) is 0 Å². The fourth-order valence-electron chi connectivity index (χ4n) is 2.39. The first kappa shape index (κ1) is 13.5. The van der Waals surface area contributed by atoms with Gasteiger partial charge in [-0.2, -0.15) is 0 Å². The molecule has 1 heterocycles. The molecule has 1 aromatic heterocycles. The van der Waals surface area contributed by atoms with Crippen molar-refractivity contribution in [1.29, 1.82) is 0 Å². The van der Waals surface area contributed by atoms with E-state index >= 15 is 0 Å². The summed E-state index contributed by atoms with van der Waals surface area (Å²) < 4.78 is 0. The quantitative estimate of drug-likeness (QED) is 0.818. The van der Waals surface area contributed by atoms with E-state index in [0.29, 0.717) is 5.11 Å². The Hall–Kier alpha value is -1.46. The van der Waals surface area contributed by atoms with Gasteiger partial charge in [0, 0.05) is 10.6 Å². The van der Waals surface area contributed by atoms with E-state index in [0.717, 1.165) is 23.7 Å². The number of hydrogen-bond acceptors (Lipinski definition) is 3. The van der Waals surface area contributed by atoms with Crippen molar-refractivity contribution < 1.29 is 0 Å². The molecule has 0 aliphatic heterocycles. The maximum atomic E-state index is 5.35. The molecule has 2 N–H and O–H groups in total. The number of benzene rings is 1. The lowest BCUT2D eigenvalue weighted by Gasteiger charge is -2.08. The summed E-state index contributed by atoms with van der Waals surface area (Å²) in [6.07, 6.45) is 4.79. The second kappa shape index (κ2) is 5.89. The van der Waals surface area contributed by atoms with Gasteiger partial charge in [-0.3, -0.25) is 0 Å². The molecule has 0 bridgehead atoms. The maximum absolute atomic E-state index is 5.35. The van der Waals surface area contributed by atoms with E-state index in [4.69, 9.17) is 12.2 Å². The Kier molecular flexibility index (Phi) is 3.98. The van der Waals surface area contributed by atoms with Crippen LogP contribution < -0.4 is 10.6 Å². The molecule has 20 heavy (non-hydrogen) atoms. The minimum absolute atomic E-state index is 0.599. The van der Waals surface area contributed by atoms with Crippen LogP contribution in [0.4, 0.5) is 10.8 Å². The number of thiocarbonyl (C=S) groups is 1. The van der Waals surface area contributed by atoms with Crippen LogP contribution in [0.2, 0.25) is 0 Å². The summed E-state index contributed by atoms with van der Waals surface area (Å²) in [5.41, 5.74) is 3.47. The van der Waals surface area contributed by atoms with Gasteiger partial charge < -0.3 is 10.6 Å². The van der Waals surface area contributed by atoms with Crippen molar-refractivity contribution in [3.8, 4) is 0 Å². The van der Waals surface area contributed by atoms with Crippen molar-refractivity contribution >= 4 is 39.5 Å². The molecule has 0 fully saturated rings. The molecule has 5 heteroatoms. The predicted octanol–water partition coefficient (Wildman–Crippen LogP) is 4.14. The summed E-state index contributed by atoms with van der Waals surface area (Å²) in [7, 11) is 0. The third kappa shape index (κ3) is 3.16. The lowest BCUT2D eigenvalue weighted by Crippen LogP contribution is -2.18. The Labute approximate surface area is 128 Å². The normalized spacial score (nSPS) is 13.7. The van der Waals surface area contributed by atoms with Crippen LogP contribution in [0.25, 0.3) is 0 Å². The average Bonchev–Trinajstić information content (AvgIpc) is 2.80. The molecule has 2 aromatic rings. The Morgan fingerprint density at radius 1 is 1.25 bits per heavy atom. The zero-order valence-corrected chi connectivity index (χ0v) is 13.0. The number of anilines is 2. The van der Waals surface area contributed by atoms with E-state index in [9.17, 15) is 0 Å². The monoisotopic (exact) mass is 303 g/mol. The highest BCUT2D eigenvalue weighted by atomic mass is 32.1. The highest BCUT2D eigenvalue weighted by Crippen LogP contribution is 2.29. The zero-order chi connectivity index (χ0) is 13.9. The maximum Gasteiger partial charge on any atom is 0.189 e. The van der Waals surface area contributed by atoms with Gasteiger partial charge in [-0.05, 0) is 62.5 Å². The lowest BCUT2D eigenvalue weighted by atomic mass is 10.0. The van der Waals surface area contributed by atoms with Crippen molar-refractivity contribution in [3.63, 3.8) is 0 Å². The summed E-state index contributed by atoms with van der Waals surface area (Å²) in [5.74, 6) is 0. The summed E-state index contributed by atoms with van der Waals surface area (Å²) in [6, 6.07) is 8.16. The average molecular weight is 303 g/mol. The first-order chi connectivity index (χ1) is 9.70. The van der Waals surface area contributed by atoms with E-state index in [1.165, 1.54) is 29.0 Å². The number of aromatic nitrogens is 1. The molecule has 1 aromatic carbocycles. The van der Waals surface area contributed by atoms with Crippen LogP contribution in [0.5, 0.6) is 0 Å². The van der Waals surface area contributed by atoms with Crippen LogP contribution in [0.15, 0.2) is 24.3 Å².